The molecule has 0 atom stereocenters. The Labute approximate surface area is 172 Å². The highest BCUT2D eigenvalue weighted by molar-refractivity contribution is 5.59. The molecule has 2 aromatic carbocycles. The Morgan fingerprint density at radius 1 is 0.828 bits per heavy atom. The number of hydrogen-bond acceptors (Lipinski definition) is 5. The maximum atomic E-state index is 4.53. The third kappa shape index (κ3) is 4.10. The summed E-state index contributed by atoms with van der Waals surface area (Å²) in [6, 6.07) is 21.8. The zero-order valence-corrected chi connectivity index (χ0v) is 16.7. The average Bonchev–Trinajstić information content (AvgIpc) is 2.80. The smallest absolute Gasteiger partial charge is 0.135 e. The fourth-order valence-electron chi connectivity index (χ4n) is 4.55. The van der Waals surface area contributed by atoms with Crippen LogP contribution in [0.2, 0.25) is 0 Å². The van der Waals surface area contributed by atoms with E-state index in [1.54, 1.807) is 6.33 Å². The highest BCUT2D eigenvalue weighted by atomic mass is 15.2. The molecule has 148 valence electrons. The number of rotatable bonds is 4. The molecule has 3 heterocycles. The molecule has 0 spiro atoms. The van der Waals surface area contributed by atoms with E-state index in [2.05, 4.69) is 55.4 Å². The molecule has 2 aliphatic heterocycles. The van der Waals surface area contributed by atoms with Crippen LogP contribution in [0, 0.1) is 0 Å². The summed E-state index contributed by atoms with van der Waals surface area (Å²) >= 11 is 0. The Balaban J connectivity index is 1.21. The van der Waals surface area contributed by atoms with E-state index in [0.717, 1.165) is 37.0 Å². The lowest BCUT2D eigenvalue weighted by molar-refractivity contribution is 0.153. The van der Waals surface area contributed by atoms with Crippen LogP contribution in [0.15, 0.2) is 67.0 Å². The molecule has 1 N–H and O–H groups in total. The molecule has 1 fully saturated rings. The Hall–Kier alpha value is -2.92. The van der Waals surface area contributed by atoms with Crippen LogP contribution in [0.3, 0.4) is 0 Å². The summed E-state index contributed by atoms with van der Waals surface area (Å²) in [4.78, 5) is 14.0. The molecular formula is C24H27N5. The molecule has 0 amide bonds. The Bertz CT molecular complexity index is 950. The van der Waals surface area contributed by atoms with Gasteiger partial charge in [0.1, 0.15) is 18.0 Å². The van der Waals surface area contributed by atoms with Crippen LogP contribution in [0.1, 0.15) is 24.0 Å². The monoisotopic (exact) mass is 385 g/mol. The van der Waals surface area contributed by atoms with Gasteiger partial charge in [0, 0.05) is 44.0 Å². The van der Waals surface area contributed by atoms with E-state index >= 15 is 0 Å². The van der Waals surface area contributed by atoms with E-state index in [4.69, 9.17) is 0 Å². The minimum Gasteiger partial charge on any atom is -0.356 e. The number of anilines is 3. The van der Waals surface area contributed by atoms with Crippen LogP contribution in [0.4, 0.5) is 17.3 Å². The van der Waals surface area contributed by atoms with Gasteiger partial charge in [0.2, 0.25) is 0 Å². The van der Waals surface area contributed by atoms with Crippen molar-refractivity contribution in [1.82, 2.24) is 14.9 Å². The predicted octanol–water partition coefficient (Wildman–Crippen LogP) is 4.25. The van der Waals surface area contributed by atoms with Gasteiger partial charge in [0.25, 0.3) is 0 Å². The van der Waals surface area contributed by atoms with Crippen LogP contribution in [0.25, 0.3) is 0 Å². The van der Waals surface area contributed by atoms with Crippen molar-refractivity contribution in [1.29, 1.82) is 0 Å². The lowest BCUT2D eigenvalue weighted by Gasteiger charge is -2.41. The van der Waals surface area contributed by atoms with Crippen LogP contribution in [0.5, 0.6) is 0 Å². The number of hydrogen-bond donors (Lipinski definition) is 1. The number of piperidine rings is 1. The lowest BCUT2D eigenvalue weighted by Crippen LogP contribution is -2.46. The standard InChI is InChI=1S/C24H27N5/c1-2-8-21(9-3-1)27-23-16-24(26-18-25-23)28-14-11-22(12-15-28)29-13-10-19-6-4-5-7-20(19)17-29/h1-9,16,18,22H,10-15,17H2,(H,25,26,27). The quantitative estimate of drug-likeness (QED) is 0.727. The van der Waals surface area contributed by atoms with Crippen molar-refractivity contribution in [2.24, 2.45) is 0 Å². The molecule has 5 heteroatoms. The number of benzene rings is 2. The van der Waals surface area contributed by atoms with Crippen LogP contribution < -0.4 is 10.2 Å². The van der Waals surface area contributed by atoms with E-state index in [1.165, 1.54) is 36.9 Å². The van der Waals surface area contributed by atoms with Crippen molar-refractivity contribution in [2.75, 3.05) is 29.9 Å². The number of para-hydroxylation sites is 1. The molecule has 1 saturated heterocycles. The van der Waals surface area contributed by atoms with Crippen LogP contribution in [-0.2, 0) is 13.0 Å². The third-order valence-electron chi connectivity index (χ3n) is 6.16. The molecule has 0 aliphatic carbocycles. The fraction of sp³-hybridized carbons (Fsp3) is 0.333. The normalized spacial score (nSPS) is 17.7. The van der Waals surface area contributed by atoms with Crippen molar-refractivity contribution in [3.63, 3.8) is 0 Å². The largest absolute Gasteiger partial charge is 0.356 e. The first-order chi connectivity index (χ1) is 14.3. The second-order valence-corrected chi connectivity index (χ2v) is 7.96. The minimum atomic E-state index is 0.670. The highest BCUT2D eigenvalue weighted by Crippen LogP contribution is 2.27. The van der Waals surface area contributed by atoms with Crippen molar-refractivity contribution in [2.45, 2.75) is 31.8 Å². The maximum absolute atomic E-state index is 4.53. The summed E-state index contributed by atoms with van der Waals surface area (Å²) in [6.07, 6.45) is 5.21. The van der Waals surface area contributed by atoms with Crippen LogP contribution in [-0.4, -0.2) is 40.5 Å². The Kier molecular flexibility index (Phi) is 5.13. The highest BCUT2D eigenvalue weighted by Gasteiger charge is 2.27. The summed E-state index contributed by atoms with van der Waals surface area (Å²) in [6.45, 7) is 4.37. The van der Waals surface area contributed by atoms with E-state index < -0.39 is 0 Å². The minimum absolute atomic E-state index is 0.670. The number of nitrogens with one attached hydrogen (secondary N) is 1. The molecular weight excluding hydrogens is 358 g/mol. The van der Waals surface area contributed by atoms with Gasteiger partial charge in [-0.25, -0.2) is 9.97 Å². The molecule has 5 nitrogen and oxygen atoms in total. The Morgan fingerprint density at radius 3 is 2.41 bits per heavy atom. The van der Waals surface area contributed by atoms with Crippen LogP contribution >= 0.6 is 0 Å². The van der Waals surface area contributed by atoms with E-state index in [9.17, 15) is 0 Å². The molecule has 2 aliphatic rings. The first-order valence-electron chi connectivity index (χ1n) is 10.5. The molecule has 5 rings (SSSR count). The molecule has 0 unspecified atom stereocenters. The Morgan fingerprint density at radius 2 is 1.59 bits per heavy atom. The second kappa shape index (κ2) is 8.21. The van der Waals surface area contributed by atoms with Gasteiger partial charge in [0.05, 0.1) is 0 Å². The SMILES string of the molecule is c1ccc(Nc2cc(N3CCC(N4CCc5ccccc5C4)CC3)ncn2)cc1. The number of fused-ring (bicyclic) bond motifs is 1. The number of aromatic nitrogens is 2. The summed E-state index contributed by atoms with van der Waals surface area (Å²) in [5.41, 5.74) is 4.08. The van der Waals surface area contributed by atoms with E-state index in [1.807, 2.05) is 30.3 Å². The molecule has 0 bridgehead atoms. The third-order valence-corrected chi connectivity index (χ3v) is 6.16. The summed E-state index contributed by atoms with van der Waals surface area (Å²) in [5, 5.41) is 3.37. The van der Waals surface area contributed by atoms with Gasteiger partial charge in [-0.3, -0.25) is 4.90 Å². The molecule has 1 aromatic heterocycles. The van der Waals surface area contributed by atoms with Gasteiger partial charge >= 0.3 is 0 Å². The van der Waals surface area contributed by atoms with Gasteiger partial charge < -0.3 is 10.2 Å². The first kappa shape index (κ1) is 18.1. The van der Waals surface area contributed by atoms with Gasteiger partial charge in [-0.2, -0.15) is 0 Å². The maximum Gasteiger partial charge on any atom is 0.135 e. The number of nitrogens with zero attached hydrogens (tertiary/aromatic N) is 4. The first-order valence-corrected chi connectivity index (χ1v) is 10.5. The molecule has 0 saturated carbocycles. The van der Waals surface area contributed by atoms with Gasteiger partial charge in [0.15, 0.2) is 0 Å². The molecule has 3 aromatic rings. The molecule has 0 radical (unpaired) electrons. The topological polar surface area (TPSA) is 44.3 Å². The summed E-state index contributed by atoms with van der Waals surface area (Å²) < 4.78 is 0. The zero-order valence-electron chi connectivity index (χ0n) is 16.7. The van der Waals surface area contributed by atoms with E-state index in [0.29, 0.717) is 6.04 Å². The predicted molar refractivity (Wildman–Crippen MR) is 118 cm³/mol. The van der Waals surface area contributed by atoms with Gasteiger partial charge in [-0.1, -0.05) is 42.5 Å². The van der Waals surface area contributed by atoms with Crippen molar-refractivity contribution in [3.8, 4) is 0 Å². The lowest BCUT2D eigenvalue weighted by atomic mass is 9.95. The average molecular weight is 386 g/mol. The fourth-order valence-corrected chi connectivity index (χ4v) is 4.55. The van der Waals surface area contributed by atoms with Crippen molar-refractivity contribution in [3.05, 3.63) is 78.1 Å². The van der Waals surface area contributed by atoms with Gasteiger partial charge in [-0.15, -0.1) is 0 Å². The molecule has 29 heavy (non-hydrogen) atoms. The summed E-state index contributed by atoms with van der Waals surface area (Å²) in [7, 11) is 0. The van der Waals surface area contributed by atoms with Crippen molar-refractivity contribution < 1.29 is 0 Å². The van der Waals surface area contributed by atoms with Crippen molar-refractivity contribution >= 4 is 17.3 Å². The van der Waals surface area contributed by atoms with E-state index in [-0.39, 0.29) is 0 Å². The summed E-state index contributed by atoms with van der Waals surface area (Å²) in [5.74, 6) is 1.86. The van der Waals surface area contributed by atoms with Gasteiger partial charge in [-0.05, 0) is 42.5 Å². The second-order valence-electron chi connectivity index (χ2n) is 7.96. The zero-order chi connectivity index (χ0) is 19.5.